The van der Waals surface area contributed by atoms with Crippen LogP contribution in [0.25, 0.3) is 10.9 Å². The molecule has 0 unspecified atom stereocenters. The van der Waals surface area contributed by atoms with E-state index in [0.29, 0.717) is 26.2 Å². The van der Waals surface area contributed by atoms with Gasteiger partial charge in [-0.2, -0.15) is 0 Å². The molecule has 0 atom stereocenters. The third-order valence-electron chi connectivity index (χ3n) is 4.46. The van der Waals surface area contributed by atoms with E-state index in [2.05, 4.69) is 9.88 Å². The van der Waals surface area contributed by atoms with Crippen molar-refractivity contribution in [2.75, 3.05) is 32.8 Å². The van der Waals surface area contributed by atoms with E-state index in [0.717, 1.165) is 35.1 Å². The highest BCUT2D eigenvalue weighted by atomic mass is 16.6. The first-order chi connectivity index (χ1) is 11.6. The van der Waals surface area contributed by atoms with Gasteiger partial charge in [-0.15, -0.1) is 0 Å². The van der Waals surface area contributed by atoms with Gasteiger partial charge in [0.15, 0.2) is 0 Å². The maximum Gasteiger partial charge on any atom is 0.409 e. The summed E-state index contributed by atoms with van der Waals surface area (Å²) >= 11 is 0. The largest absolute Gasteiger partial charge is 0.450 e. The molecule has 1 fully saturated rings. The number of fused-ring (bicyclic) bond motifs is 1. The summed E-state index contributed by atoms with van der Waals surface area (Å²) in [5.41, 5.74) is 2.69. The summed E-state index contributed by atoms with van der Waals surface area (Å²) in [4.78, 5) is 31.0. The number of piperazine rings is 1. The Balaban J connectivity index is 1.69. The third kappa shape index (κ3) is 3.43. The normalized spacial score (nSPS) is 15.7. The van der Waals surface area contributed by atoms with Crippen molar-refractivity contribution in [1.82, 2.24) is 14.8 Å². The Hall–Kier alpha value is -2.34. The topological polar surface area (TPSA) is 65.6 Å². The lowest BCUT2D eigenvalue weighted by molar-refractivity contribution is 0.0777. The average Bonchev–Trinajstić information content (AvgIpc) is 2.57. The van der Waals surface area contributed by atoms with E-state index >= 15 is 0 Å². The van der Waals surface area contributed by atoms with Crippen LogP contribution >= 0.6 is 0 Å². The molecule has 1 saturated heterocycles. The molecule has 0 spiro atoms. The lowest BCUT2D eigenvalue weighted by Crippen LogP contribution is -2.48. The summed E-state index contributed by atoms with van der Waals surface area (Å²) in [6, 6.07) is 7.98. The SMILES string of the molecule is CCOC(=O)N1CCN(Cc2cc3cccc(C)c3[nH]c2=O)CC1. The first-order valence-electron chi connectivity index (χ1n) is 8.34. The van der Waals surface area contributed by atoms with Gasteiger partial charge in [0.2, 0.25) is 0 Å². The van der Waals surface area contributed by atoms with Crippen molar-refractivity contribution in [3.05, 3.63) is 45.7 Å². The molecule has 0 radical (unpaired) electrons. The van der Waals surface area contributed by atoms with E-state index < -0.39 is 0 Å². The number of nitrogens with zero attached hydrogens (tertiary/aromatic N) is 2. The molecule has 128 valence electrons. The summed E-state index contributed by atoms with van der Waals surface area (Å²) in [7, 11) is 0. The number of carbonyl (C=O) groups excluding carboxylic acids is 1. The number of hydrogen-bond donors (Lipinski definition) is 1. The van der Waals surface area contributed by atoms with Gasteiger partial charge in [-0.25, -0.2) is 4.79 Å². The summed E-state index contributed by atoms with van der Waals surface area (Å²) in [6.45, 7) is 7.52. The zero-order valence-electron chi connectivity index (χ0n) is 14.2. The first kappa shape index (κ1) is 16.5. The Morgan fingerprint density at radius 1 is 1.25 bits per heavy atom. The number of aryl methyl sites for hydroxylation is 1. The van der Waals surface area contributed by atoms with Crippen LogP contribution in [-0.2, 0) is 11.3 Å². The Morgan fingerprint density at radius 2 is 2.00 bits per heavy atom. The highest BCUT2D eigenvalue weighted by Crippen LogP contribution is 2.16. The molecule has 2 heterocycles. The molecular weight excluding hydrogens is 306 g/mol. The second-order valence-corrected chi connectivity index (χ2v) is 6.12. The molecular formula is C18H23N3O3. The second kappa shape index (κ2) is 7.05. The maximum absolute atomic E-state index is 12.4. The monoisotopic (exact) mass is 329 g/mol. The molecule has 1 N–H and O–H groups in total. The van der Waals surface area contributed by atoms with Crippen LogP contribution in [0, 0.1) is 6.92 Å². The molecule has 3 rings (SSSR count). The van der Waals surface area contributed by atoms with Gasteiger partial charge < -0.3 is 14.6 Å². The molecule has 2 aromatic rings. The molecule has 0 saturated carbocycles. The van der Waals surface area contributed by atoms with Gasteiger partial charge in [-0.1, -0.05) is 18.2 Å². The standard InChI is InChI=1S/C18H23N3O3/c1-3-24-18(23)21-9-7-20(8-10-21)12-15-11-14-6-4-5-13(2)16(14)19-17(15)22/h4-6,11H,3,7-10,12H2,1-2H3,(H,19,22). The van der Waals surface area contributed by atoms with Gasteiger partial charge in [0.05, 0.1) is 12.1 Å². The number of amides is 1. The van der Waals surface area contributed by atoms with Crippen molar-refractivity contribution in [3.8, 4) is 0 Å². The fourth-order valence-electron chi connectivity index (χ4n) is 3.09. The minimum atomic E-state index is -0.254. The van der Waals surface area contributed by atoms with Crippen molar-refractivity contribution in [3.63, 3.8) is 0 Å². The number of hydrogen-bond acceptors (Lipinski definition) is 4. The van der Waals surface area contributed by atoms with Crippen LogP contribution in [-0.4, -0.2) is 53.7 Å². The molecule has 1 amide bonds. The Kier molecular flexibility index (Phi) is 4.85. The van der Waals surface area contributed by atoms with Crippen LogP contribution in [0.15, 0.2) is 29.1 Å². The van der Waals surface area contributed by atoms with Gasteiger partial charge >= 0.3 is 6.09 Å². The average molecular weight is 329 g/mol. The Labute approximate surface area is 141 Å². The molecule has 6 nitrogen and oxygen atoms in total. The van der Waals surface area contributed by atoms with Crippen LogP contribution in [0.5, 0.6) is 0 Å². The molecule has 1 aromatic carbocycles. The minimum Gasteiger partial charge on any atom is -0.450 e. The van der Waals surface area contributed by atoms with Crippen LogP contribution in [0.2, 0.25) is 0 Å². The van der Waals surface area contributed by atoms with E-state index in [1.165, 1.54) is 0 Å². The molecule has 24 heavy (non-hydrogen) atoms. The molecule has 1 aliphatic heterocycles. The van der Waals surface area contributed by atoms with Gasteiger partial charge in [-0.05, 0) is 30.9 Å². The predicted molar refractivity (Wildman–Crippen MR) is 93.2 cm³/mol. The zero-order valence-corrected chi connectivity index (χ0v) is 14.2. The Bertz CT molecular complexity index is 792. The van der Waals surface area contributed by atoms with E-state index in [1.807, 2.05) is 38.1 Å². The highest BCUT2D eigenvalue weighted by molar-refractivity contribution is 5.81. The highest BCUT2D eigenvalue weighted by Gasteiger charge is 2.22. The van der Waals surface area contributed by atoms with Crippen LogP contribution in [0.1, 0.15) is 18.1 Å². The van der Waals surface area contributed by atoms with Crippen molar-refractivity contribution < 1.29 is 9.53 Å². The van der Waals surface area contributed by atoms with Gasteiger partial charge in [0, 0.05) is 38.3 Å². The number of aromatic nitrogens is 1. The summed E-state index contributed by atoms with van der Waals surface area (Å²) in [5.74, 6) is 0. The summed E-state index contributed by atoms with van der Waals surface area (Å²) < 4.78 is 5.03. The number of benzene rings is 1. The van der Waals surface area contributed by atoms with E-state index in [4.69, 9.17) is 4.74 Å². The number of para-hydroxylation sites is 1. The minimum absolute atomic E-state index is 0.0374. The zero-order chi connectivity index (χ0) is 17.1. The number of rotatable bonds is 3. The van der Waals surface area contributed by atoms with Crippen LogP contribution in [0.4, 0.5) is 4.79 Å². The fraction of sp³-hybridized carbons (Fsp3) is 0.444. The van der Waals surface area contributed by atoms with Crippen molar-refractivity contribution in [1.29, 1.82) is 0 Å². The lowest BCUT2D eigenvalue weighted by atomic mass is 10.1. The number of carbonyl (C=O) groups is 1. The lowest BCUT2D eigenvalue weighted by Gasteiger charge is -2.33. The summed E-state index contributed by atoms with van der Waals surface area (Å²) in [6.07, 6.45) is -0.254. The molecule has 0 aliphatic carbocycles. The number of nitrogens with one attached hydrogen (secondary N) is 1. The smallest absolute Gasteiger partial charge is 0.409 e. The predicted octanol–water partition coefficient (Wildman–Crippen LogP) is 2.11. The van der Waals surface area contributed by atoms with Crippen LogP contribution < -0.4 is 5.56 Å². The third-order valence-corrected chi connectivity index (χ3v) is 4.46. The van der Waals surface area contributed by atoms with Gasteiger partial charge in [0.25, 0.3) is 5.56 Å². The number of aromatic amines is 1. The van der Waals surface area contributed by atoms with Gasteiger partial charge in [-0.3, -0.25) is 9.69 Å². The number of H-pyrrole nitrogens is 1. The first-order valence-corrected chi connectivity index (χ1v) is 8.34. The van der Waals surface area contributed by atoms with E-state index in [-0.39, 0.29) is 11.7 Å². The number of ether oxygens (including phenoxy) is 1. The second-order valence-electron chi connectivity index (χ2n) is 6.12. The van der Waals surface area contributed by atoms with E-state index in [1.54, 1.807) is 4.90 Å². The fourth-order valence-corrected chi connectivity index (χ4v) is 3.09. The molecule has 0 bridgehead atoms. The van der Waals surface area contributed by atoms with E-state index in [9.17, 15) is 9.59 Å². The number of pyridine rings is 1. The quantitative estimate of drug-likeness (QED) is 0.937. The van der Waals surface area contributed by atoms with Crippen molar-refractivity contribution >= 4 is 17.0 Å². The van der Waals surface area contributed by atoms with Crippen LogP contribution in [0.3, 0.4) is 0 Å². The molecule has 1 aromatic heterocycles. The molecule has 1 aliphatic rings. The van der Waals surface area contributed by atoms with Crippen molar-refractivity contribution in [2.45, 2.75) is 20.4 Å². The summed E-state index contributed by atoms with van der Waals surface area (Å²) in [5, 5.41) is 1.05. The molecule has 6 heteroatoms. The van der Waals surface area contributed by atoms with Gasteiger partial charge in [0.1, 0.15) is 0 Å². The van der Waals surface area contributed by atoms with Crippen molar-refractivity contribution in [2.24, 2.45) is 0 Å². The maximum atomic E-state index is 12.4. The Morgan fingerprint density at radius 3 is 2.71 bits per heavy atom.